The van der Waals surface area contributed by atoms with Crippen LogP contribution >= 0.6 is 0 Å². The molecule has 146 valence electrons. The maximum Gasteiger partial charge on any atom is 0.185 e. The summed E-state index contributed by atoms with van der Waals surface area (Å²) in [6, 6.07) is 21.4. The van der Waals surface area contributed by atoms with Crippen LogP contribution in [0, 0.1) is 5.82 Å². The lowest BCUT2D eigenvalue weighted by atomic mass is 10.1. The van der Waals surface area contributed by atoms with E-state index in [4.69, 9.17) is 4.74 Å². The lowest BCUT2D eigenvalue weighted by Gasteiger charge is -2.07. The molecule has 0 saturated heterocycles. The number of carbonyl (C=O) groups excluding carboxylic acids is 1. The standard InChI is InChI=1S/C26H23FO2/c1-19(2)22-10-14-25(15-11-22)29-18-17-21-5-3-20(4-6-21)7-16-26(28)23-8-12-24(27)13-9-23/h3-16H,1,17-18H2,2H3. The van der Waals surface area contributed by atoms with Gasteiger partial charge in [0.15, 0.2) is 5.78 Å². The number of carbonyl (C=O) groups is 1. The summed E-state index contributed by atoms with van der Waals surface area (Å²) >= 11 is 0. The van der Waals surface area contributed by atoms with E-state index >= 15 is 0 Å². The fourth-order valence-electron chi connectivity index (χ4n) is 2.80. The van der Waals surface area contributed by atoms with E-state index in [1.165, 1.54) is 30.3 Å². The van der Waals surface area contributed by atoms with Gasteiger partial charge in [-0.15, -0.1) is 0 Å². The highest BCUT2D eigenvalue weighted by Crippen LogP contribution is 2.17. The maximum atomic E-state index is 12.9. The first-order valence-electron chi connectivity index (χ1n) is 9.47. The summed E-state index contributed by atoms with van der Waals surface area (Å²) in [7, 11) is 0. The van der Waals surface area contributed by atoms with Gasteiger partial charge in [0.25, 0.3) is 0 Å². The molecule has 0 aromatic heterocycles. The molecule has 0 radical (unpaired) electrons. The summed E-state index contributed by atoms with van der Waals surface area (Å²) in [6.07, 6.45) is 4.05. The summed E-state index contributed by atoms with van der Waals surface area (Å²) in [5, 5.41) is 0. The van der Waals surface area contributed by atoms with Gasteiger partial charge in [-0.3, -0.25) is 4.79 Å². The van der Waals surface area contributed by atoms with Gasteiger partial charge >= 0.3 is 0 Å². The molecule has 0 saturated carbocycles. The Hall–Kier alpha value is -3.46. The Labute approximate surface area is 171 Å². The molecule has 0 fully saturated rings. The molecule has 0 heterocycles. The molecule has 0 aliphatic carbocycles. The van der Waals surface area contributed by atoms with Gasteiger partial charge in [-0.2, -0.15) is 0 Å². The minimum atomic E-state index is -0.353. The van der Waals surface area contributed by atoms with Crippen LogP contribution in [0.15, 0.2) is 85.5 Å². The van der Waals surface area contributed by atoms with E-state index in [0.29, 0.717) is 12.2 Å². The van der Waals surface area contributed by atoms with Crippen LogP contribution in [0.5, 0.6) is 5.75 Å². The van der Waals surface area contributed by atoms with Crippen LogP contribution in [0.25, 0.3) is 11.6 Å². The van der Waals surface area contributed by atoms with Crippen LogP contribution < -0.4 is 4.74 Å². The highest BCUT2D eigenvalue weighted by molar-refractivity contribution is 6.06. The molecule has 0 unspecified atom stereocenters. The van der Waals surface area contributed by atoms with Crippen LogP contribution in [0.4, 0.5) is 4.39 Å². The van der Waals surface area contributed by atoms with Gasteiger partial charge in [-0.1, -0.05) is 54.6 Å². The monoisotopic (exact) mass is 386 g/mol. The molecule has 3 rings (SSSR count). The maximum absolute atomic E-state index is 12.9. The number of hydrogen-bond donors (Lipinski definition) is 0. The minimum absolute atomic E-state index is 0.153. The average Bonchev–Trinajstić information content (AvgIpc) is 2.74. The lowest BCUT2D eigenvalue weighted by molar-refractivity contribution is 0.104. The minimum Gasteiger partial charge on any atom is -0.493 e. The van der Waals surface area contributed by atoms with Gasteiger partial charge in [-0.05, 0) is 66.1 Å². The molecule has 0 atom stereocenters. The summed E-state index contributed by atoms with van der Waals surface area (Å²) in [5.74, 6) is 0.336. The largest absolute Gasteiger partial charge is 0.493 e. The summed E-state index contributed by atoms with van der Waals surface area (Å²) < 4.78 is 18.7. The second kappa shape index (κ2) is 9.65. The Morgan fingerprint density at radius 3 is 2.17 bits per heavy atom. The van der Waals surface area contributed by atoms with Gasteiger partial charge in [0, 0.05) is 12.0 Å². The smallest absolute Gasteiger partial charge is 0.185 e. The third kappa shape index (κ3) is 6.01. The highest BCUT2D eigenvalue weighted by Gasteiger charge is 2.02. The van der Waals surface area contributed by atoms with E-state index in [1.54, 1.807) is 6.08 Å². The zero-order valence-electron chi connectivity index (χ0n) is 16.4. The van der Waals surface area contributed by atoms with Crippen molar-refractivity contribution in [2.45, 2.75) is 13.3 Å². The van der Waals surface area contributed by atoms with Crippen LogP contribution in [0.2, 0.25) is 0 Å². The van der Waals surface area contributed by atoms with Crippen LogP contribution in [0.3, 0.4) is 0 Å². The van der Waals surface area contributed by atoms with Crippen molar-refractivity contribution in [3.05, 3.63) is 114 Å². The number of ether oxygens (including phenoxy) is 1. The molecule has 3 aromatic carbocycles. The lowest BCUT2D eigenvalue weighted by Crippen LogP contribution is -2.01. The molecule has 3 aromatic rings. The molecule has 2 nitrogen and oxygen atoms in total. The number of halogens is 1. The average molecular weight is 386 g/mol. The molecule has 0 spiro atoms. The molecule has 0 bridgehead atoms. The molecule has 29 heavy (non-hydrogen) atoms. The third-order valence-corrected chi connectivity index (χ3v) is 4.54. The second-order valence-electron chi connectivity index (χ2n) is 6.85. The van der Waals surface area contributed by atoms with Gasteiger partial charge in [-0.25, -0.2) is 4.39 Å². The quantitative estimate of drug-likeness (QED) is 0.332. The molecule has 0 N–H and O–H groups in total. The molecular formula is C26H23FO2. The Morgan fingerprint density at radius 1 is 0.931 bits per heavy atom. The summed E-state index contributed by atoms with van der Waals surface area (Å²) in [4.78, 5) is 12.1. The van der Waals surface area contributed by atoms with Crippen molar-refractivity contribution in [3.8, 4) is 5.75 Å². The van der Waals surface area contributed by atoms with Crippen molar-refractivity contribution in [1.82, 2.24) is 0 Å². The number of benzene rings is 3. The first-order valence-corrected chi connectivity index (χ1v) is 9.47. The second-order valence-corrected chi connectivity index (χ2v) is 6.85. The zero-order chi connectivity index (χ0) is 20.6. The van der Waals surface area contributed by atoms with Crippen LogP contribution in [-0.2, 0) is 6.42 Å². The topological polar surface area (TPSA) is 26.3 Å². The molecule has 0 aliphatic rings. The van der Waals surface area contributed by atoms with Crippen molar-refractivity contribution in [2.24, 2.45) is 0 Å². The van der Waals surface area contributed by atoms with Crippen LogP contribution in [0.1, 0.15) is 34.0 Å². The summed E-state index contributed by atoms with van der Waals surface area (Å²) in [5.41, 5.74) is 4.70. The van der Waals surface area contributed by atoms with Gasteiger partial charge in [0.1, 0.15) is 11.6 Å². The number of allylic oxidation sites excluding steroid dienone is 2. The fraction of sp³-hybridized carbons (Fsp3) is 0.115. The first-order chi connectivity index (χ1) is 14.0. The van der Waals surface area contributed by atoms with E-state index in [-0.39, 0.29) is 11.6 Å². The molecular weight excluding hydrogens is 363 g/mol. The van der Waals surface area contributed by atoms with Gasteiger partial charge < -0.3 is 4.74 Å². The predicted octanol–water partition coefficient (Wildman–Crippen LogP) is 6.38. The zero-order valence-corrected chi connectivity index (χ0v) is 16.4. The molecule has 3 heteroatoms. The van der Waals surface area contributed by atoms with Crippen molar-refractivity contribution >= 4 is 17.4 Å². The number of rotatable bonds is 8. The van der Waals surface area contributed by atoms with Gasteiger partial charge in [0.2, 0.25) is 0 Å². The van der Waals surface area contributed by atoms with E-state index in [9.17, 15) is 9.18 Å². The summed E-state index contributed by atoms with van der Waals surface area (Å²) in [6.45, 7) is 6.49. The highest BCUT2D eigenvalue weighted by atomic mass is 19.1. The Kier molecular flexibility index (Phi) is 6.75. The van der Waals surface area contributed by atoms with E-state index in [0.717, 1.165) is 34.4 Å². The number of hydrogen-bond acceptors (Lipinski definition) is 2. The third-order valence-electron chi connectivity index (χ3n) is 4.54. The van der Waals surface area contributed by atoms with E-state index in [2.05, 4.69) is 6.58 Å². The Bertz CT molecular complexity index is 998. The van der Waals surface area contributed by atoms with Crippen molar-refractivity contribution in [1.29, 1.82) is 0 Å². The Balaban J connectivity index is 1.50. The SMILES string of the molecule is C=C(C)c1ccc(OCCc2ccc(C=CC(=O)c3ccc(F)cc3)cc2)cc1. The number of ketones is 1. The molecule has 0 aliphatic heterocycles. The Morgan fingerprint density at radius 2 is 1.55 bits per heavy atom. The first kappa shape index (κ1) is 20.3. The van der Waals surface area contributed by atoms with Crippen molar-refractivity contribution in [3.63, 3.8) is 0 Å². The van der Waals surface area contributed by atoms with E-state index in [1.807, 2.05) is 55.5 Å². The van der Waals surface area contributed by atoms with Crippen LogP contribution in [-0.4, -0.2) is 12.4 Å². The molecule has 0 amide bonds. The van der Waals surface area contributed by atoms with E-state index < -0.39 is 0 Å². The van der Waals surface area contributed by atoms with Gasteiger partial charge in [0.05, 0.1) is 6.61 Å². The predicted molar refractivity (Wildman–Crippen MR) is 117 cm³/mol. The van der Waals surface area contributed by atoms with Crippen molar-refractivity contribution < 1.29 is 13.9 Å². The normalized spacial score (nSPS) is 10.8. The fourth-order valence-corrected chi connectivity index (χ4v) is 2.80. The van der Waals surface area contributed by atoms with Crippen molar-refractivity contribution in [2.75, 3.05) is 6.61 Å².